The highest BCUT2D eigenvalue weighted by Crippen LogP contribution is 2.58. The van der Waals surface area contributed by atoms with Crippen LogP contribution >= 0.6 is 0 Å². The summed E-state index contributed by atoms with van der Waals surface area (Å²) >= 11 is 0. The lowest BCUT2D eigenvalue weighted by atomic mass is 9.67. The average Bonchev–Trinajstić information content (AvgIpc) is 3.88. The topological polar surface area (TPSA) is 77.6 Å². The molecule has 290 valence electrons. The van der Waals surface area contributed by atoms with Gasteiger partial charge in [0.1, 0.15) is 16.8 Å². The van der Waals surface area contributed by atoms with Gasteiger partial charge in [-0.3, -0.25) is 0 Å². The molecule has 0 aliphatic heterocycles. The van der Waals surface area contributed by atoms with Crippen molar-refractivity contribution in [3.05, 3.63) is 235 Å². The number of rotatable bonds is 7. The van der Waals surface area contributed by atoms with Gasteiger partial charge in [-0.1, -0.05) is 188 Å². The summed E-state index contributed by atoms with van der Waals surface area (Å²) < 4.78 is 6.58. The lowest BCUT2D eigenvalue weighted by Gasteiger charge is -2.34. The third-order valence-corrected chi connectivity index (χ3v) is 12.0. The van der Waals surface area contributed by atoms with E-state index in [1.54, 1.807) is 0 Å². The number of benzene rings is 8. The van der Waals surface area contributed by atoms with Crippen molar-refractivity contribution in [2.24, 2.45) is 0 Å². The highest BCUT2D eigenvalue weighted by Gasteiger charge is 2.47. The van der Waals surface area contributed by atoms with Crippen molar-refractivity contribution in [3.63, 3.8) is 0 Å². The minimum absolute atomic E-state index is 0.520. The third kappa shape index (κ3) is 5.61. The van der Waals surface area contributed by atoms with Crippen LogP contribution < -0.4 is 0 Å². The number of aromatic nitrogens is 5. The van der Waals surface area contributed by atoms with Crippen molar-refractivity contribution >= 4 is 22.1 Å². The second-order valence-electron chi connectivity index (χ2n) is 15.5. The van der Waals surface area contributed by atoms with Crippen LogP contribution in [0.4, 0.5) is 0 Å². The van der Waals surface area contributed by atoms with Crippen LogP contribution in [0.15, 0.2) is 217 Å². The summed E-state index contributed by atoms with van der Waals surface area (Å²) in [7, 11) is 0. The molecule has 1 aliphatic rings. The molecule has 62 heavy (non-hydrogen) atoms. The molecule has 0 radical (unpaired) electrons. The maximum Gasteiger partial charge on any atom is 0.180 e. The zero-order chi connectivity index (χ0) is 41.0. The molecular formula is C56H35N5O. The van der Waals surface area contributed by atoms with Gasteiger partial charge in [0, 0.05) is 33.2 Å². The molecule has 0 fully saturated rings. The Hall–Kier alpha value is -8.35. The maximum absolute atomic E-state index is 6.58. The number of hydrogen-bond acceptors (Lipinski definition) is 6. The molecule has 8 aromatic carbocycles. The zero-order valence-corrected chi connectivity index (χ0v) is 33.4. The summed E-state index contributed by atoms with van der Waals surface area (Å²) in [4.78, 5) is 26.6. The van der Waals surface area contributed by atoms with Crippen LogP contribution in [0.2, 0.25) is 0 Å². The van der Waals surface area contributed by atoms with Crippen LogP contribution in [0.1, 0.15) is 22.3 Å². The Morgan fingerprint density at radius 3 is 1.45 bits per heavy atom. The van der Waals surface area contributed by atoms with Gasteiger partial charge >= 0.3 is 0 Å². The van der Waals surface area contributed by atoms with Crippen molar-refractivity contribution in [1.82, 2.24) is 24.9 Å². The lowest BCUT2D eigenvalue weighted by molar-refractivity contribution is 0.667. The fourth-order valence-electron chi connectivity index (χ4n) is 9.29. The van der Waals surface area contributed by atoms with Gasteiger partial charge in [-0.2, -0.15) is 0 Å². The molecule has 11 aromatic rings. The smallest absolute Gasteiger partial charge is 0.180 e. The first kappa shape index (κ1) is 35.6. The minimum Gasteiger partial charge on any atom is -0.452 e. The van der Waals surface area contributed by atoms with Gasteiger partial charge in [-0.05, 0) is 57.6 Å². The standard InChI is InChI=1S/C56H35N5O/c1-6-20-36(21-7-1)49-51-50(42-31-17-19-33-48(42)62-51)58-54(57-49)45-35-47-43(41-30-16-18-32-46(41)56(47,39-26-12-4-13-27-39)40-28-14-5-15-29-40)34-44(45)55-60-52(37-22-8-2-9-23-37)59-53(61-55)38-24-10-3-11-25-38/h1-35H. The van der Waals surface area contributed by atoms with Crippen molar-refractivity contribution in [2.45, 2.75) is 5.41 Å². The summed E-state index contributed by atoms with van der Waals surface area (Å²) in [5, 5.41) is 0.916. The highest BCUT2D eigenvalue weighted by molar-refractivity contribution is 6.07. The minimum atomic E-state index is -0.667. The number of nitrogens with zero attached hydrogens (tertiary/aromatic N) is 5. The van der Waals surface area contributed by atoms with Crippen molar-refractivity contribution in [1.29, 1.82) is 0 Å². The van der Waals surface area contributed by atoms with Gasteiger partial charge in [0.2, 0.25) is 0 Å². The second kappa shape index (κ2) is 14.4. The van der Waals surface area contributed by atoms with Gasteiger partial charge in [0.05, 0.1) is 5.41 Å². The first-order valence-electron chi connectivity index (χ1n) is 20.8. The number of furan rings is 1. The maximum atomic E-state index is 6.58. The fraction of sp³-hybridized carbons (Fsp3) is 0.0179. The van der Waals surface area contributed by atoms with E-state index in [1.807, 2.05) is 97.1 Å². The van der Waals surface area contributed by atoms with E-state index in [9.17, 15) is 0 Å². The van der Waals surface area contributed by atoms with Crippen LogP contribution in [-0.4, -0.2) is 24.9 Å². The Bertz CT molecular complexity index is 3350. The lowest BCUT2D eigenvalue weighted by Crippen LogP contribution is -2.28. The van der Waals surface area contributed by atoms with Gasteiger partial charge < -0.3 is 4.42 Å². The second-order valence-corrected chi connectivity index (χ2v) is 15.5. The highest BCUT2D eigenvalue weighted by atomic mass is 16.3. The van der Waals surface area contributed by atoms with Gasteiger partial charge in [-0.25, -0.2) is 24.9 Å². The van der Waals surface area contributed by atoms with Crippen LogP contribution in [0, 0.1) is 0 Å². The molecule has 6 nitrogen and oxygen atoms in total. The summed E-state index contributed by atoms with van der Waals surface area (Å²) in [6.07, 6.45) is 0. The Morgan fingerprint density at radius 2 is 0.823 bits per heavy atom. The van der Waals surface area contributed by atoms with E-state index in [0.717, 1.165) is 72.1 Å². The molecule has 3 heterocycles. The average molecular weight is 794 g/mol. The molecule has 0 bridgehead atoms. The Balaban J connectivity index is 1.24. The zero-order valence-electron chi connectivity index (χ0n) is 33.4. The van der Waals surface area contributed by atoms with Crippen LogP contribution in [0.3, 0.4) is 0 Å². The van der Waals surface area contributed by atoms with E-state index in [4.69, 9.17) is 29.3 Å². The Labute approximate surface area is 358 Å². The van der Waals surface area contributed by atoms with Crippen molar-refractivity contribution < 1.29 is 4.42 Å². The van der Waals surface area contributed by atoms with E-state index < -0.39 is 5.41 Å². The van der Waals surface area contributed by atoms with Crippen molar-refractivity contribution in [2.75, 3.05) is 0 Å². The van der Waals surface area contributed by atoms with E-state index >= 15 is 0 Å². The molecule has 12 rings (SSSR count). The van der Waals surface area contributed by atoms with Gasteiger partial charge in [-0.15, -0.1) is 0 Å². The molecule has 0 saturated heterocycles. The van der Waals surface area contributed by atoms with E-state index in [-0.39, 0.29) is 0 Å². The predicted molar refractivity (Wildman–Crippen MR) is 247 cm³/mol. The number of hydrogen-bond donors (Lipinski definition) is 0. The first-order valence-corrected chi connectivity index (χ1v) is 20.8. The van der Waals surface area contributed by atoms with E-state index in [2.05, 4.69) is 115 Å². The van der Waals surface area contributed by atoms with E-state index in [0.29, 0.717) is 34.6 Å². The molecule has 1 aliphatic carbocycles. The SMILES string of the molecule is c1ccc(-c2nc(-c3ccccc3)nc(-c3cc4c(cc3-c3nc(-c5ccccc5)c5oc6ccccc6c5n3)C(c3ccccc3)(c3ccccc3)c3ccccc3-4)n2)cc1. The van der Waals surface area contributed by atoms with Crippen molar-refractivity contribution in [3.8, 4) is 67.9 Å². The Morgan fingerprint density at radius 1 is 0.339 bits per heavy atom. The Kier molecular flexibility index (Phi) is 8.28. The monoisotopic (exact) mass is 793 g/mol. The molecule has 0 N–H and O–H groups in total. The van der Waals surface area contributed by atoms with Gasteiger partial charge in [0.25, 0.3) is 0 Å². The summed E-state index contributed by atoms with van der Waals surface area (Å²) in [6, 6.07) is 73.4. The molecular weight excluding hydrogens is 759 g/mol. The largest absolute Gasteiger partial charge is 0.452 e. The summed E-state index contributed by atoms with van der Waals surface area (Å²) in [5.74, 6) is 2.21. The number of para-hydroxylation sites is 1. The molecule has 0 amide bonds. The van der Waals surface area contributed by atoms with Crippen LogP contribution in [0.25, 0.3) is 90.0 Å². The fourth-order valence-corrected chi connectivity index (χ4v) is 9.29. The molecule has 0 atom stereocenters. The predicted octanol–water partition coefficient (Wildman–Crippen LogP) is 13.3. The third-order valence-electron chi connectivity index (χ3n) is 12.0. The molecule has 6 heteroatoms. The van der Waals surface area contributed by atoms with Crippen LogP contribution in [0.5, 0.6) is 0 Å². The van der Waals surface area contributed by atoms with Gasteiger partial charge in [0.15, 0.2) is 28.9 Å². The summed E-state index contributed by atoms with van der Waals surface area (Å²) in [5.41, 5.74) is 13.3. The molecule has 0 saturated carbocycles. The molecule has 3 aromatic heterocycles. The summed E-state index contributed by atoms with van der Waals surface area (Å²) in [6.45, 7) is 0. The first-order chi connectivity index (χ1) is 30.7. The molecule has 0 spiro atoms. The van der Waals surface area contributed by atoms with Crippen LogP contribution in [-0.2, 0) is 5.41 Å². The van der Waals surface area contributed by atoms with E-state index in [1.165, 1.54) is 5.56 Å². The quantitative estimate of drug-likeness (QED) is 0.160. The molecule has 0 unspecified atom stereocenters. The number of fused-ring (bicyclic) bond motifs is 6. The normalized spacial score (nSPS) is 12.6.